The van der Waals surface area contributed by atoms with Gasteiger partial charge in [-0.25, -0.2) is 18.4 Å². The van der Waals surface area contributed by atoms with Crippen LogP contribution >= 0.6 is 23.4 Å². The van der Waals surface area contributed by atoms with Crippen LogP contribution in [-0.2, 0) is 9.84 Å². The number of aryl methyl sites for hydroxylation is 1. The second-order valence-corrected chi connectivity index (χ2v) is 8.27. The van der Waals surface area contributed by atoms with Gasteiger partial charge in [0.05, 0.1) is 0 Å². The van der Waals surface area contributed by atoms with Crippen molar-refractivity contribution in [2.24, 2.45) is 0 Å². The molecule has 2 rings (SSSR count). The molecule has 0 amide bonds. The summed E-state index contributed by atoms with van der Waals surface area (Å²) in [6, 6.07) is 0. The number of nitrogens with zero attached hydrogens (tertiary/aromatic N) is 3. The molecule has 0 N–H and O–H groups in total. The molecule has 1 fully saturated rings. The van der Waals surface area contributed by atoms with Gasteiger partial charge in [-0.05, 0) is 13.8 Å². The van der Waals surface area contributed by atoms with E-state index in [1.54, 1.807) is 18.7 Å². The summed E-state index contributed by atoms with van der Waals surface area (Å²) in [6.45, 7) is 4.22. The third-order valence-corrected chi connectivity index (χ3v) is 6.03. The number of thioether (sulfide) groups is 1. The first kappa shape index (κ1) is 14.9. The molecule has 0 spiro atoms. The van der Waals surface area contributed by atoms with Gasteiger partial charge in [0.1, 0.15) is 22.2 Å². The van der Waals surface area contributed by atoms with Gasteiger partial charge in [-0.2, -0.15) is 11.8 Å². The Kier molecular flexibility index (Phi) is 4.27. The third-order valence-electron chi connectivity index (χ3n) is 3.02. The predicted molar refractivity (Wildman–Crippen MR) is 79.8 cm³/mol. The van der Waals surface area contributed by atoms with Crippen molar-refractivity contribution in [2.75, 3.05) is 29.2 Å². The van der Waals surface area contributed by atoms with Gasteiger partial charge in [0.15, 0.2) is 9.84 Å². The Bertz CT molecular complexity index is 592. The summed E-state index contributed by atoms with van der Waals surface area (Å²) in [6.07, 6.45) is 1.27. The van der Waals surface area contributed by atoms with Gasteiger partial charge in [-0.3, -0.25) is 0 Å². The minimum atomic E-state index is -3.16. The first-order valence-electron chi connectivity index (χ1n) is 5.84. The Morgan fingerprint density at radius 1 is 1.37 bits per heavy atom. The van der Waals surface area contributed by atoms with E-state index in [2.05, 4.69) is 9.97 Å². The van der Waals surface area contributed by atoms with Gasteiger partial charge in [0.2, 0.25) is 0 Å². The van der Waals surface area contributed by atoms with Crippen LogP contribution in [-0.4, -0.2) is 48.1 Å². The summed E-state index contributed by atoms with van der Waals surface area (Å²) in [5, 5.41) is -0.164. The van der Waals surface area contributed by atoms with Crippen LogP contribution in [0.4, 0.5) is 5.82 Å². The Labute approximate surface area is 122 Å². The fraction of sp³-hybridized carbons (Fsp3) is 0.636. The number of hydrogen-bond donors (Lipinski definition) is 0. The summed E-state index contributed by atoms with van der Waals surface area (Å²) in [7, 11) is -3.16. The summed E-state index contributed by atoms with van der Waals surface area (Å²) < 4.78 is 23.8. The number of hydrogen-bond acceptors (Lipinski definition) is 6. The lowest BCUT2D eigenvalue weighted by atomic mass is 10.3. The summed E-state index contributed by atoms with van der Waals surface area (Å²) in [4.78, 5) is 10.3. The number of aromatic nitrogens is 2. The summed E-state index contributed by atoms with van der Waals surface area (Å²) in [5.74, 6) is 2.62. The van der Waals surface area contributed by atoms with Gasteiger partial charge in [-0.1, -0.05) is 11.6 Å². The van der Waals surface area contributed by atoms with Crippen LogP contribution in [0.2, 0.25) is 5.15 Å². The SMILES string of the molecule is Cc1nc(Cl)c(C)c(N2CCSCC2S(C)(=O)=O)n1. The Balaban J connectivity index is 2.49. The molecule has 1 aromatic rings. The normalized spacial score (nSPS) is 20.6. The Morgan fingerprint density at radius 3 is 2.68 bits per heavy atom. The fourth-order valence-electron chi connectivity index (χ4n) is 2.04. The van der Waals surface area contributed by atoms with Gasteiger partial charge >= 0.3 is 0 Å². The number of rotatable bonds is 2. The molecule has 1 atom stereocenters. The van der Waals surface area contributed by atoms with Crippen LogP contribution in [0.5, 0.6) is 0 Å². The Morgan fingerprint density at radius 2 is 2.05 bits per heavy atom. The van der Waals surface area contributed by atoms with Crippen molar-refractivity contribution in [2.45, 2.75) is 19.2 Å². The molecule has 19 heavy (non-hydrogen) atoms. The number of sulfone groups is 1. The molecule has 8 heteroatoms. The first-order chi connectivity index (χ1) is 8.80. The van der Waals surface area contributed by atoms with Gasteiger partial charge < -0.3 is 4.90 Å². The maximum atomic E-state index is 11.9. The van der Waals surface area contributed by atoms with Crippen molar-refractivity contribution < 1.29 is 8.42 Å². The van der Waals surface area contributed by atoms with Crippen molar-refractivity contribution in [3.8, 4) is 0 Å². The molecule has 1 saturated heterocycles. The standard InChI is InChI=1S/C11H16ClN3O2S2/c1-7-10(12)13-8(2)14-11(7)15-4-5-18-6-9(15)19(3,16)17/h9H,4-6H2,1-3H3. The van der Waals surface area contributed by atoms with E-state index >= 15 is 0 Å². The molecule has 1 aliphatic rings. The molecular weight excluding hydrogens is 306 g/mol. The van der Waals surface area contributed by atoms with E-state index in [1.807, 2.05) is 11.8 Å². The molecule has 0 aliphatic carbocycles. The maximum Gasteiger partial charge on any atom is 0.169 e. The molecule has 106 valence electrons. The molecular formula is C11H16ClN3O2S2. The minimum Gasteiger partial charge on any atom is -0.338 e. The van der Waals surface area contributed by atoms with E-state index < -0.39 is 15.2 Å². The average Bonchev–Trinajstić information content (AvgIpc) is 2.33. The largest absolute Gasteiger partial charge is 0.338 e. The second kappa shape index (κ2) is 5.46. The van der Waals surface area contributed by atoms with E-state index in [0.29, 0.717) is 29.1 Å². The zero-order valence-electron chi connectivity index (χ0n) is 11.1. The van der Waals surface area contributed by atoms with Crippen LogP contribution in [0, 0.1) is 13.8 Å². The fourth-order valence-corrected chi connectivity index (χ4v) is 5.06. The lowest BCUT2D eigenvalue weighted by molar-refractivity contribution is 0.583. The summed E-state index contributed by atoms with van der Waals surface area (Å²) in [5.41, 5.74) is 0.729. The lowest BCUT2D eigenvalue weighted by Crippen LogP contribution is -2.47. The second-order valence-electron chi connectivity index (χ2n) is 4.56. The first-order valence-corrected chi connectivity index (χ1v) is 9.33. The quantitative estimate of drug-likeness (QED) is 0.772. The third kappa shape index (κ3) is 3.14. The smallest absolute Gasteiger partial charge is 0.169 e. The molecule has 0 aromatic carbocycles. The van der Waals surface area contributed by atoms with Crippen LogP contribution in [0.25, 0.3) is 0 Å². The highest BCUT2D eigenvalue weighted by atomic mass is 35.5. The summed E-state index contributed by atoms with van der Waals surface area (Å²) >= 11 is 7.71. The monoisotopic (exact) mass is 321 g/mol. The predicted octanol–water partition coefficient (Wildman–Crippen LogP) is 1.67. The van der Waals surface area contributed by atoms with Crippen LogP contribution in [0.1, 0.15) is 11.4 Å². The van der Waals surface area contributed by atoms with Gasteiger partial charge in [0, 0.05) is 29.9 Å². The van der Waals surface area contributed by atoms with E-state index in [-0.39, 0.29) is 0 Å². The minimum absolute atomic E-state index is 0.382. The van der Waals surface area contributed by atoms with E-state index in [9.17, 15) is 8.42 Å². The molecule has 1 aromatic heterocycles. The molecule has 1 unspecified atom stereocenters. The molecule has 5 nitrogen and oxygen atoms in total. The number of anilines is 1. The van der Waals surface area contributed by atoms with Gasteiger partial charge in [-0.15, -0.1) is 0 Å². The van der Waals surface area contributed by atoms with E-state index in [4.69, 9.17) is 11.6 Å². The highest BCUT2D eigenvalue weighted by molar-refractivity contribution is 8.01. The van der Waals surface area contributed by atoms with Crippen LogP contribution in [0.3, 0.4) is 0 Å². The maximum absolute atomic E-state index is 11.9. The van der Waals surface area contributed by atoms with Crippen molar-refractivity contribution in [3.05, 3.63) is 16.5 Å². The van der Waals surface area contributed by atoms with Gasteiger partial charge in [0.25, 0.3) is 0 Å². The zero-order chi connectivity index (χ0) is 14.2. The molecule has 1 aliphatic heterocycles. The topological polar surface area (TPSA) is 63.2 Å². The van der Waals surface area contributed by atoms with Crippen LogP contribution in [0.15, 0.2) is 0 Å². The number of halogens is 1. The van der Waals surface area contributed by atoms with E-state index in [1.165, 1.54) is 6.26 Å². The molecule has 0 bridgehead atoms. The highest BCUT2D eigenvalue weighted by Crippen LogP contribution is 2.30. The van der Waals surface area contributed by atoms with Crippen molar-refractivity contribution in [3.63, 3.8) is 0 Å². The van der Waals surface area contributed by atoms with Crippen molar-refractivity contribution in [1.82, 2.24) is 9.97 Å². The van der Waals surface area contributed by atoms with Crippen molar-refractivity contribution >= 4 is 39.0 Å². The average molecular weight is 322 g/mol. The van der Waals surface area contributed by atoms with Crippen molar-refractivity contribution in [1.29, 1.82) is 0 Å². The van der Waals surface area contributed by atoms with E-state index in [0.717, 1.165) is 11.3 Å². The zero-order valence-corrected chi connectivity index (χ0v) is 13.4. The lowest BCUT2D eigenvalue weighted by Gasteiger charge is -2.35. The highest BCUT2D eigenvalue weighted by Gasteiger charge is 2.33. The molecule has 0 saturated carbocycles. The van der Waals surface area contributed by atoms with Crippen LogP contribution < -0.4 is 4.90 Å². The molecule has 2 heterocycles. The Hall–Kier alpha value is -0.530. The molecule has 0 radical (unpaired) electrons.